The Labute approximate surface area is 110 Å². The number of rotatable bonds is 2. The number of nitrogens with two attached hydrogens (primary N) is 1. The first-order chi connectivity index (χ1) is 8.53. The second-order valence-corrected chi connectivity index (χ2v) is 5.01. The lowest BCUT2D eigenvalue weighted by molar-refractivity contribution is -0.137. The van der Waals surface area contributed by atoms with Gasteiger partial charge in [-0.25, -0.2) is 4.79 Å². The number of esters is 1. The molecule has 1 aromatic rings. The molecular weight excluding hydrogens is 258 g/mol. The third-order valence-electron chi connectivity index (χ3n) is 2.11. The van der Waals surface area contributed by atoms with Crippen LogP contribution in [0.3, 0.4) is 0 Å². The van der Waals surface area contributed by atoms with Gasteiger partial charge in [0.05, 0.1) is 11.1 Å². The lowest BCUT2D eigenvalue weighted by Gasteiger charge is -2.20. The van der Waals surface area contributed by atoms with Crippen molar-refractivity contribution in [2.24, 2.45) is 5.64 Å². The van der Waals surface area contributed by atoms with Crippen LogP contribution in [-0.2, 0) is 10.9 Å². The normalized spacial score (nSPS) is 12.2. The Morgan fingerprint density at radius 3 is 2.21 bits per heavy atom. The Hall–Kier alpha value is -1.50. The summed E-state index contributed by atoms with van der Waals surface area (Å²) in [5.74, 6) is -0.818. The zero-order chi connectivity index (χ0) is 14.8. The lowest BCUT2D eigenvalue weighted by Crippen LogP contribution is -2.28. The van der Waals surface area contributed by atoms with Crippen molar-refractivity contribution >= 4 is 18.8 Å². The van der Waals surface area contributed by atoms with E-state index in [0.717, 1.165) is 19.5 Å². The molecule has 1 radical (unpaired) electrons. The largest absolute Gasteiger partial charge is 0.456 e. The van der Waals surface area contributed by atoms with Gasteiger partial charge < -0.3 is 10.4 Å². The van der Waals surface area contributed by atoms with E-state index in [1.807, 2.05) is 0 Å². The van der Waals surface area contributed by atoms with Crippen LogP contribution >= 0.6 is 0 Å². The smallest absolute Gasteiger partial charge is 0.416 e. The average Bonchev–Trinajstić information content (AvgIpc) is 2.25. The molecule has 0 saturated heterocycles. The van der Waals surface area contributed by atoms with E-state index in [1.54, 1.807) is 20.8 Å². The quantitative estimate of drug-likeness (QED) is 0.660. The van der Waals surface area contributed by atoms with Gasteiger partial charge in [0.2, 0.25) is 7.41 Å². The minimum absolute atomic E-state index is 0.107. The first-order valence-electron chi connectivity index (χ1n) is 5.53. The first-order valence-corrected chi connectivity index (χ1v) is 5.53. The van der Waals surface area contributed by atoms with Gasteiger partial charge in [0, 0.05) is 0 Å². The molecule has 7 heteroatoms. The van der Waals surface area contributed by atoms with Crippen molar-refractivity contribution in [1.29, 1.82) is 0 Å². The van der Waals surface area contributed by atoms with Crippen molar-refractivity contribution < 1.29 is 22.7 Å². The molecule has 0 spiro atoms. The Morgan fingerprint density at radius 2 is 1.79 bits per heavy atom. The molecule has 0 amide bonds. The van der Waals surface area contributed by atoms with Gasteiger partial charge in [-0.2, -0.15) is 13.2 Å². The molecule has 0 fully saturated rings. The molecule has 0 saturated carbocycles. The number of alkyl halides is 3. The Balaban J connectivity index is 3.18. The van der Waals surface area contributed by atoms with Crippen LogP contribution in [-0.4, -0.2) is 19.0 Å². The standard InChI is InChI=1S/C12H14BF3NO2/c1-11(2,3)19-10(18)7-4-8(12(14,15)16)6-9(5-7)13-17/h4-6H,17H2,1-3H3. The highest BCUT2D eigenvalue weighted by Crippen LogP contribution is 2.29. The summed E-state index contributed by atoms with van der Waals surface area (Å²) in [5, 5.41) is 0. The number of hydrogen-bond acceptors (Lipinski definition) is 3. The molecule has 0 aromatic heterocycles. The topological polar surface area (TPSA) is 52.3 Å². The van der Waals surface area contributed by atoms with Gasteiger partial charge in [-0.05, 0) is 26.8 Å². The molecular formula is C12H14BF3NO2. The highest BCUT2D eigenvalue weighted by Gasteiger charge is 2.32. The fourth-order valence-electron chi connectivity index (χ4n) is 1.37. The highest BCUT2D eigenvalue weighted by atomic mass is 19.4. The minimum Gasteiger partial charge on any atom is -0.456 e. The van der Waals surface area contributed by atoms with Crippen molar-refractivity contribution in [3.63, 3.8) is 0 Å². The van der Waals surface area contributed by atoms with E-state index in [1.165, 1.54) is 6.07 Å². The van der Waals surface area contributed by atoms with Crippen LogP contribution in [0.2, 0.25) is 0 Å². The molecule has 19 heavy (non-hydrogen) atoms. The highest BCUT2D eigenvalue weighted by molar-refractivity contribution is 6.50. The Morgan fingerprint density at radius 1 is 1.21 bits per heavy atom. The number of benzene rings is 1. The van der Waals surface area contributed by atoms with Crippen LogP contribution in [0.1, 0.15) is 36.7 Å². The summed E-state index contributed by atoms with van der Waals surface area (Å²) in [6.45, 7) is 4.90. The van der Waals surface area contributed by atoms with Crippen LogP contribution in [0.4, 0.5) is 13.2 Å². The fraction of sp³-hybridized carbons (Fsp3) is 0.417. The first kappa shape index (κ1) is 15.6. The molecule has 0 unspecified atom stereocenters. The Kier molecular flexibility index (Phi) is 4.30. The number of carbonyl (C=O) groups is 1. The van der Waals surface area contributed by atoms with E-state index in [0.29, 0.717) is 0 Å². The number of carbonyl (C=O) groups excluding carboxylic acids is 1. The molecule has 1 rings (SSSR count). The summed E-state index contributed by atoms with van der Waals surface area (Å²) in [5.41, 5.74) is 3.42. The summed E-state index contributed by atoms with van der Waals surface area (Å²) in [7, 11) is 1.00. The summed E-state index contributed by atoms with van der Waals surface area (Å²) < 4.78 is 43.1. The number of hydrogen-bond donors (Lipinski definition) is 1. The molecule has 0 atom stereocenters. The van der Waals surface area contributed by atoms with E-state index in [9.17, 15) is 18.0 Å². The van der Waals surface area contributed by atoms with E-state index in [-0.39, 0.29) is 11.0 Å². The van der Waals surface area contributed by atoms with Crippen LogP contribution in [0.25, 0.3) is 0 Å². The molecule has 103 valence electrons. The summed E-state index contributed by atoms with van der Waals surface area (Å²) in [6, 6.07) is 2.87. The molecule has 0 heterocycles. The van der Waals surface area contributed by atoms with Crippen molar-refractivity contribution in [1.82, 2.24) is 0 Å². The van der Waals surface area contributed by atoms with Crippen LogP contribution in [0.5, 0.6) is 0 Å². The van der Waals surface area contributed by atoms with Gasteiger partial charge >= 0.3 is 12.1 Å². The van der Waals surface area contributed by atoms with Gasteiger partial charge in [-0.15, -0.1) is 0 Å². The second kappa shape index (κ2) is 5.24. The molecule has 3 nitrogen and oxygen atoms in total. The van der Waals surface area contributed by atoms with Gasteiger partial charge in [0.1, 0.15) is 5.60 Å². The summed E-state index contributed by atoms with van der Waals surface area (Å²) in [6.07, 6.45) is -4.55. The van der Waals surface area contributed by atoms with Crippen molar-refractivity contribution in [2.45, 2.75) is 32.5 Å². The van der Waals surface area contributed by atoms with Gasteiger partial charge in [0.15, 0.2) is 0 Å². The number of ether oxygens (including phenoxy) is 1. The SMILES string of the molecule is CC(C)(C)OC(=O)c1cc([B]N)cc(C(F)(F)F)c1. The van der Waals surface area contributed by atoms with Crippen molar-refractivity contribution in [3.05, 3.63) is 29.3 Å². The third kappa shape index (κ3) is 4.59. The third-order valence-corrected chi connectivity index (χ3v) is 2.11. The zero-order valence-electron chi connectivity index (χ0n) is 10.8. The zero-order valence-corrected chi connectivity index (χ0v) is 10.8. The van der Waals surface area contributed by atoms with Gasteiger partial charge in [-0.3, -0.25) is 0 Å². The maximum atomic E-state index is 12.7. The summed E-state index contributed by atoms with van der Waals surface area (Å²) >= 11 is 0. The van der Waals surface area contributed by atoms with E-state index in [4.69, 9.17) is 10.4 Å². The van der Waals surface area contributed by atoms with Gasteiger partial charge in [-0.1, -0.05) is 17.6 Å². The van der Waals surface area contributed by atoms with Gasteiger partial charge in [0.25, 0.3) is 0 Å². The maximum Gasteiger partial charge on any atom is 0.416 e. The van der Waals surface area contributed by atoms with Crippen molar-refractivity contribution in [2.75, 3.05) is 0 Å². The number of halogens is 3. The fourth-order valence-corrected chi connectivity index (χ4v) is 1.37. The molecule has 0 aliphatic carbocycles. The second-order valence-electron chi connectivity index (χ2n) is 5.01. The summed E-state index contributed by atoms with van der Waals surface area (Å²) in [4.78, 5) is 11.8. The molecule has 2 N–H and O–H groups in total. The minimum atomic E-state index is -4.55. The van der Waals surface area contributed by atoms with E-state index >= 15 is 0 Å². The lowest BCUT2D eigenvalue weighted by atomic mass is 9.82. The van der Waals surface area contributed by atoms with E-state index in [2.05, 4.69) is 0 Å². The van der Waals surface area contributed by atoms with Crippen LogP contribution in [0.15, 0.2) is 18.2 Å². The molecule has 0 aliphatic heterocycles. The van der Waals surface area contributed by atoms with Crippen LogP contribution < -0.4 is 11.1 Å². The average molecular weight is 272 g/mol. The van der Waals surface area contributed by atoms with Crippen LogP contribution in [0, 0.1) is 0 Å². The molecule has 1 aromatic carbocycles. The maximum absolute atomic E-state index is 12.7. The predicted octanol–water partition coefficient (Wildman–Crippen LogP) is 1.86. The van der Waals surface area contributed by atoms with E-state index < -0.39 is 23.3 Å². The molecule has 0 bridgehead atoms. The predicted molar refractivity (Wildman–Crippen MR) is 66.2 cm³/mol. The molecule has 0 aliphatic rings. The Bertz CT molecular complexity index is 481. The van der Waals surface area contributed by atoms with Crippen molar-refractivity contribution in [3.8, 4) is 0 Å². The monoisotopic (exact) mass is 272 g/mol.